The molecule has 2 atom stereocenters. The van der Waals surface area contributed by atoms with Gasteiger partial charge in [0.1, 0.15) is 5.75 Å². The van der Waals surface area contributed by atoms with Crippen LogP contribution >= 0.6 is 0 Å². The minimum absolute atomic E-state index is 0.0569. The molecule has 2 fully saturated rings. The molecule has 0 aromatic heterocycles. The molecule has 2 saturated heterocycles. The number of ether oxygens (including phenoxy) is 2. The number of benzene rings is 1. The Morgan fingerprint density at radius 3 is 2.64 bits per heavy atom. The van der Waals surface area contributed by atoms with Gasteiger partial charge < -0.3 is 19.3 Å². The fourth-order valence-electron chi connectivity index (χ4n) is 3.93. The van der Waals surface area contributed by atoms with Gasteiger partial charge in [-0.1, -0.05) is 0 Å². The van der Waals surface area contributed by atoms with Gasteiger partial charge in [-0.05, 0) is 43.0 Å². The first-order valence-electron chi connectivity index (χ1n) is 8.85. The van der Waals surface area contributed by atoms with Crippen LogP contribution in [0.3, 0.4) is 0 Å². The van der Waals surface area contributed by atoms with Crippen LogP contribution in [0.2, 0.25) is 0 Å². The van der Waals surface area contributed by atoms with Crippen LogP contribution in [0.15, 0.2) is 24.3 Å². The van der Waals surface area contributed by atoms with Gasteiger partial charge in [-0.25, -0.2) is 0 Å². The molecule has 2 aliphatic rings. The summed E-state index contributed by atoms with van der Waals surface area (Å²) in [5.41, 5.74) is 0.683. The largest absolute Gasteiger partial charge is 0.497 e. The van der Waals surface area contributed by atoms with Gasteiger partial charge in [0.15, 0.2) is 0 Å². The van der Waals surface area contributed by atoms with Crippen molar-refractivity contribution in [1.82, 2.24) is 9.80 Å². The van der Waals surface area contributed by atoms with Crippen molar-refractivity contribution < 1.29 is 19.1 Å². The van der Waals surface area contributed by atoms with Gasteiger partial charge in [-0.15, -0.1) is 0 Å². The number of rotatable bonds is 5. The molecule has 0 unspecified atom stereocenters. The second-order valence-electron chi connectivity index (χ2n) is 6.71. The molecule has 0 bridgehead atoms. The molecule has 2 aliphatic heterocycles. The molecule has 1 aromatic carbocycles. The van der Waals surface area contributed by atoms with E-state index < -0.39 is 0 Å². The molecule has 3 rings (SSSR count). The van der Waals surface area contributed by atoms with Crippen LogP contribution in [0.4, 0.5) is 0 Å². The average Bonchev–Trinajstić information content (AvgIpc) is 2.66. The number of carbonyl (C=O) groups is 2. The highest BCUT2D eigenvalue weighted by atomic mass is 16.5. The third-order valence-corrected chi connectivity index (χ3v) is 5.30. The first kappa shape index (κ1) is 17.7. The average molecular weight is 346 g/mol. The Balaban J connectivity index is 1.66. The van der Waals surface area contributed by atoms with E-state index in [2.05, 4.69) is 0 Å². The van der Waals surface area contributed by atoms with Crippen molar-refractivity contribution in [3.63, 3.8) is 0 Å². The van der Waals surface area contributed by atoms with Crippen molar-refractivity contribution in [1.29, 1.82) is 0 Å². The molecule has 6 heteroatoms. The number of piperidine rings is 2. The van der Waals surface area contributed by atoms with Crippen LogP contribution in [-0.4, -0.2) is 68.1 Å². The maximum Gasteiger partial charge on any atom is 0.253 e. The predicted octanol–water partition coefficient (Wildman–Crippen LogP) is 1.79. The molecule has 0 aliphatic carbocycles. The molecule has 2 heterocycles. The fourth-order valence-corrected chi connectivity index (χ4v) is 3.93. The lowest BCUT2D eigenvalue weighted by molar-refractivity contribution is -0.141. The van der Waals surface area contributed by atoms with Gasteiger partial charge in [0.25, 0.3) is 5.91 Å². The smallest absolute Gasteiger partial charge is 0.253 e. The molecule has 0 spiro atoms. The Morgan fingerprint density at radius 2 is 1.96 bits per heavy atom. The summed E-state index contributed by atoms with van der Waals surface area (Å²) < 4.78 is 10.3. The summed E-state index contributed by atoms with van der Waals surface area (Å²) in [6.07, 6.45) is 2.26. The van der Waals surface area contributed by atoms with E-state index in [9.17, 15) is 9.59 Å². The lowest BCUT2D eigenvalue weighted by atomic mass is 9.83. The lowest BCUT2D eigenvalue weighted by Gasteiger charge is -2.47. The third kappa shape index (κ3) is 3.79. The molecule has 0 radical (unpaired) electrons. The van der Waals surface area contributed by atoms with Crippen LogP contribution in [0.5, 0.6) is 5.75 Å². The summed E-state index contributed by atoms with van der Waals surface area (Å²) in [6.45, 7) is 2.60. The Kier molecular flexibility index (Phi) is 5.58. The second kappa shape index (κ2) is 7.87. The van der Waals surface area contributed by atoms with Crippen LogP contribution in [0.1, 0.15) is 29.6 Å². The van der Waals surface area contributed by atoms with Gasteiger partial charge >= 0.3 is 0 Å². The summed E-state index contributed by atoms with van der Waals surface area (Å²) >= 11 is 0. The Morgan fingerprint density at radius 1 is 1.20 bits per heavy atom. The number of likely N-dealkylation sites (tertiary alicyclic amines) is 2. The minimum atomic E-state index is 0.0569. The van der Waals surface area contributed by atoms with Crippen molar-refractivity contribution in [2.45, 2.75) is 25.3 Å². The number of hydrogen-bond donors (Lipinski definition) is 0. The van der Waals surface area contributed by atoms with Gasteiger partial charge in [0, 0.05) is 44.8 Å². The first-order chi connectivity index (χ1) is 12.1. The Hall–Kier alpha value is -2.08. The van der Waals surface area contributed by atoms with E-state index in [1.54, 1.807) is 14.2 Å². The standard InChI is InChI=1S/C19H26N2O4/c1-24-12-11-21-17-9-10-20(13-15(17)5-8-18(21)22)19(23)14-3-6-16(25-2)7-4-14/h3-4,6-7,15,17H,5,8-13H2,1-2H3/t15-,17+/m1/s1. The molecule has 0 N–H and O–H groups in total. The van der Waals surface area contributed by atoms with Gasteiger partial charge in [-0.3, -0.25) is 9.59 Å². The SMILES string of the molecule is COCCN1C(=O)CC[C@@H]2CN(C(=O)c3ccc(OC)cc3)CC[C@@H]21. The summed E-state index contributed by atoms with van der Waals surface area (Å²) in [4.78, 5) is 28.9. The monoisotopic (exact) mass is 346 g/mol. The zero-order valence-corrected chi connectivity index (χ0v) is 14.9. The molecule has 1 aromatic rings. The highest BCUT2D eigenvalue weighted by molar-refractivity contribution is 5.94. The number of hydrogen-bond acceptors (Lipinski definition) is 4. The number of fused-ring (bicyclic) bond motifs is 1. The molecule has 2 amide bonds. The summed E-state index contributed by atoms with van der Waals surface area (Å²) in [5, 5.41) is 0. The van der Waals surface area contributed by atoms with Gasteiger partial charge in [0.2, 0.25) is 5.91 Å². The van der Waals surface area contributed by atoms with E-state index in [4.69, 9.17) is 9.47 Å². The molecular weight excluding hydrogens is 320 g/mol. The molecule has 25 heavy (non-hydrogen) atoms. The van der Waals surface area contributed by atoms with Gasteiger partial charge in [-0.2, -0.15) is 0 Å². The van der Waals surface area contributed by atoms with Crippen molar-refractivity contribution >= 4 is 11.8 Å². The Bertz CT molecular complexity index is 616. The van der Waals surface area contributed by atoms with Crippen molar-refractivity contribution in [3.05, 3.63) is 29.8 Å². The van der Waals surface area contributed by atoms with Crippen LogP contribution < -0.4 is 4.74 Å². The molecular formula is C19H26N2O4. The molecule has 136 valence electrons. The first-order valence-corrected chi connectivity index (χ1v) is 8.85. The van der Waals surface area contributed by atoms with Crippen molar-refractivity contribution in [3.8, 4) is 5.75 Å². The Labute approximate surface area is 148 Å². The highest BCUT2D eigenvalue weighted by Gasteiger charge is 2.40. The van der Waals surface area contributed by atoms with E-state index in [0.29, 0.717) is 44.1 Å². The van der Waals surface area contributed by atoms with Crippen LogP contribution in [-0.2, 0) is 9.53 Å². The van der Waals surface area contributed by atoms with Crippen molar-refractivity contribution in [2.75, 3.05) is 40.5 Å². The highest BCUT2D eigenvalue weighted by Crippen LogP contribution is 2.31. The summed E-state index contributed by atoms with van der Waals surface area (Å²) in [5.74, 6) is 1.37. The topological polar surface area (TPSA) is 59.1 Å². The third-order valence-electron chi connectivity index (χ3n) is 5.30. The maximum atomic E-state index is 12.8. The predicted molar refractivity (Wildman–Crippen MR) is 93.6 cm³/mol. The minimum Gasteiger partial charge on any atom is -0.497 e. The number of amides is 2. The number of carbonyl (C=O) groups excluding carboxylic acids is 2. The lowest BCUT2D eigenvalue weighted by Crippen LogP contribution is -2.57. The van der Waals surface area contributed by atoms with Crippen LogP contribution in [0, 0.1) is 5.92 Å². The van der Waals surface area contributed by atoms with Crippen LogP contribution in [0.25, 0.3) is 0 Å². The summed E-state index contributed by atoms with van der Waals surface area (Å²) in [6, 6.07) is 7.47. The fraction of sp³-hybridized carbons (Fsp3) is 0.579. The molecule has 6 nitrogen and oxygen atoms in total. The number of nitrogens with zero attached hydrogens (tertiary/aromatic N) is 2. The second-order valence-corrected chi connectivity index (χ2v) is 6.71. The van der Waals surface area contributed by atoms with E-state index in [-0.39, 0.29) is 17.9 Å². The summed E-state index contributed by atoms with van der Waals surface area (Å²) in [7, 11) is 3.27. The van der Waals surface area contributed by atoms with Crippen molar-refractivity contribution in [2.24, 2.45) is 5.92 Å². The normalized spacial score (nSPS) is 23.4. The molecule has 0 saturated carbocycles. The van der Waals surface area contributed by atoms with E-state index in [0.717, 1.165) is 18.6 Å². The quantitative estimate of drug-likeness (QED) is 0.816. The van der Waals surface area contributed by atoms with Gasteiger partial charge in [0.05, 0.1) is 13.7 Å². The maximum absolute atomic E-state index is 12.8. The van der Waals surface area contributed by atoms with E-state index in [1.165, 1.54) is 0 Å². The zero-order chi connectivity index (χ0) is 17.8. The van der Waals surface area contributed by atoms with E-state index >= 15 is 0 Å². The zero-order valence-electron chi connectivity index (χ0n) is 14.9. The number of methoxy groups -OCH3 is 2. The van der Waals surface area contributed by atoms with E-state index in [1.807, 2.05) is 34.1 Å².